The zero-order valence-electron chi connectivity index (χ0n) is 15.2. The third-order valence-corrected chi connectivity index (χ3v) is 4.63. The van der Waals surface area contributed by atoms with Gasteiger partial charge in [0.05, 0.1) is 18.7 Å². The molecule has 0 radical (unpaired) electrons. The van der Waals surface area contributed by atoms with Crippen molar-refractivity contribution in [1.29, 1.82) is 0 Å². The highest BCUT2D eigenvalue weighted by molar-refractivity contribution is 5.95. The predicted octanol–water partition coefficient (Wildman–Crippen LogP) is 2.69. The van der Waals surface area contributed by atoms with E-state index in [4.69, 9.17) is 0 Å². The Labute approximate surface area is 160 Å². The first-order valence-corrected chi connectivity index (χ1v) is 8.74. The lowest BCUT2D eigenvalue weighted by molar-refractivity contribution is -0.127. The van der Waals surface area contributed by atoms with Crippen molar-refractivity contribution >= 4 is 11.8 Å². The molecule has 1 atom stereocenters. The van der Waals surface area contributed by atoms with E-state index < -0.39 is 29.3 Å². The molecule has 0 bridgehead atoms. The summed E-state index contributed by atoms with van der Waals surface area (Å²) in [5.74, 6) is -3.82. The molecule has 1 N–H and O–H groups in total. The van der Waals surface area contributed by atoms with E-state index in [2.05, 4.69) is 10.1 Å². The van der Waals surface area contributed by atoms with Crippen LogP contribution in [0.4, 0.5) is 13.2 Å². The van der Waals surface area contributed by atoms with Gasteiger partial charge in [0.1, 0.15) is 5.82 Å². The molecule has 1 heterocycles. The van der Waals surface area contributed by atoms with Crippen LogP contribution >= 0.6 is 0 Å². The SMILES string of the molecule is COc1c(F)ccc(C(=O)N[C@H]2CC(=O)N(CCc3ccc(F)cc3)C2)c1F. The summed E-state index contributed by atoms with van der Waals surface area (Å²) in [7, 11) is 1.11. The summed E-state index contributed by atoms with van der Waals surface area (Å²) < 4.78 is 45.3. The second-order valence-corrected chi connectivity index (χ2v) is 6.53. The molecule has 0 aromatic heterocycles. The Morgan fingerprint density at radius 3 is 2.57 bits per heavy atom. The predicted molar refractivity (Wildman–Crippen MR) is 95.5 cm³/mol. The number of halogens is 3. The first-order chi connectivity index (χ1) is 13.4. The number of nitrogens with one attached hydrogen (secondary N) is 1. The second kappa shape index (κ2) is 8.33. The molecule has 8 heteroatoms. The molecule has 0 spiro atoms. The molecule has 1 fully saturated rings. The summed E-state index contributed by atoms with van der Waals surface area (Å²) in [6.45, 7) is 0.710. The highest BCUT2D eigenvalue weighted by Gasteiger charge is 2.31. The molecular weight excluding hydrogens is 373 g/mol. The molecule has 3 rings (SSSR count). The number of ether oxygens (including phenoxy) is 1. The van der Waals surface area contributed by atoms with Crippen molar-refractivity contribution in [2.75, 3.05) is 20.2 Å². The Hall–Kier alpha value is -3.03. The maximum atomic E-state index is 14.2. The van der Waals surface area contributed by atoms with E-state index in [1.54, 1.807) is 17.0 Å². The average molecular weight is 392 g/mol. The van der Waals surface area contributed by atoms with Gasteiger partial charge in [0.15, 0.2) is 17.4 Å². The molecule has 1 saturated heterocycles. The third kappa shape index (κ3) is 4.27. The largest absolute Gasteiger partial charge is 0.491 e. The lowest BCUT2D eigenvalue weighted by Crippen LogP contribution is -2.38. The molecule has 5 nitrogen and oxygen atoms in total. The fourth-order valence-electron chi connectivity index (χ4n) is 3.16. The van der Waals surface area contributed by atoms with Crippen LogP contribution in [-0.2, 0) is 11.2 Å². The summed E-state index contributed by atoms with van der Waals surface area (Å²) in [4.78, 5) is 26.1. The van der Waals surface area contributed by atoms with Crippen LogP contribution < -0.4 is 10.1 Å². The fraction of sp³-hybridized carbons (Fsp3) is 0.300. The molecule has 0 aliphatic carbocycles. The summed E-state index contributed by atoms with van der Waals surface area (Å²) >= 11 is 0. The number of methoxy groups -OCH3 is 1. The standard InChI is InChI=1S/C20H19F3N2O3/c1-28-19-16(22)7-6-15(18(19)23)20(27)24-14-10-17(26)25(11-14)9-8-12-2-4-13(21)5-3-12/h2-7,14H,8-11H2,1H3,(H,24,27)/t14-/m0/s1. The van der Waals surface area contributed by atoms with Crippen LogP contribution in [0.2, 0.25) is 0 Å². The Morgan fingerprint density at radius 2 is 1.89 bits per heavy atom. The number of amides is 2. The van der Waals surface area contributed by atoms with Crippen LogP contribution in [0.3, 0.4) is 0 Å². The van der Waals surface area contributed by atoms with Gasteiger partial charge in [0.25, 0.3) is 5.91 Å². The van der Waals surface area contributed by atoms with E-state index >= 15 is 0 Å². The number of carbonyl (C=O) groups excluding carboxylic acids is 2. The summed E-state index contributed by atoms with van der Waals surface area (Å²) in [6, 6.07) is 7.52. The van der Waals surface area contributed by atoms with Crippen LogP contribution in [0, 0.1) is 17.5 Å². The minimum absolute atomic E-state index is 0.0924. The van der Waals surface area contributed by atoms with Gasteiger partial charge in [0, 0.05) is 19.5 Å². The molecule has 1 aliphatic heterocycles. The van der Waals surface area contributed by atoms with Crippen LogP contribution in [0.15, 0.2) is 36.4 Å². The minimum atomic E-state index is -1.09. The van der Waals surface area contributed by atoms with Crippen molar-refractivity contribution in [3.63, 3.8) is 0 Å². The van der Waals surface area contributed by atoms with Gasteiger partial charge in [-0.2, -0.15) is 0 Å². The summed E-state index contributed by atoms with van der Waals surface area (Å²) in [5, 5.41) is 2.60. The van der Waals surface area contributed by atoms with Gasteiger partial charge in [-0.3, -0.25) is 9.59 Å². The van der Waals surface area contributed by atoms with Gasteiger partial charge < -0.3 is 15.0 Å². The van der Waals surface area contributed by atoms with Crippen molar-refractivity contribution in [2.24, 2.45) is 0 Å². The first kappa shape index (κ1) is 19.7. The number of nitrogens with zero attached hydrogens (tertiary/aromatic N) is 1. The highest BCUT2D eigenvalue weighted by atomic mass is 19.1. The number of benzene rings is 2. The third-order valence-electron chi connectivity index (χ3n) is 4.63. The monoisotopic (exact) mass is 392 g/mol. The van der Waals surface area contributed by atoms with Crippen LogP contribution in [-0.4, -0.2) is 43.0 Å². The van der Waals surface area contributed by atoms with Crippen molar-refractivity contribution < 1.29 is 27.5 Å². The molecule has 0 unspecified atom stereocenters. The van der Waals surface area contributed by atoms with Gasteiger partial charge in [-0.25, -0.2) is 13.2 Å². The smallest absolute Gasteiger partial charge is 0.254 e. The number of carbonyl (C=O) groups is 2. The van der Waals surface area contributed by atoms with Gasteiger partial charge in [-0.1, -0.05) is 12.1 Å². The topological polar surface area (TPSA) is 58.6 Å². The molecular formula is C20H19F3N2O3. The van der Waals surface area contributed by atoms with E-state index in [1.807, 2.05) is 0 Å². The molecule has 0 saturated carbocycles. The summed E-state index contributed by atoms with van der Waals surface area (Å²) in [5.41, 5.74) is 0.539. The van der Waals surface area contributed by atoms with Gasteiger partial charge in [-0.15, -0.1) is 0 Å². The Kier molecular flexibility index (Phi) is 5.87. The number of hydrogen-bond donors (Lipinski definition) is 1. The van der Waals surface area contributed by atoms with E-state index in [-0.39, 0.29) is 30.3 Å². The van der Waals surface area contributed by atoms with Crippen LogP contribution in [0.5, 0.6) is 5.75 Å². The van der Waals surface area contributed by atoms with Crippen molar-refractivity contribution in [3.05, 3.63) is 65.0 Å². The van der Waals surface area contributed by atoms with Gasteiger partial charge in [0.2, 0.25) is 5.91 Å². The normalized spacial score (nSPS) is 16.4. The molecule has 2 amide bonds. The zero-order valence-corrected chi connectivity index (χ0v) is 15.2. The molecule has 2 aromatic carbocycles. The molecule has 2 aromatic rings. The number of rotatable bonds is 6. The van der Waals surface area contributed by atoms with Gasteiger partial charge >= 0.3 is 0 Å². The van der Waals surface area contributed by atoms with E-state index in [9.17, 15) is 22.8 Å². The maximum Gasteiger partial charge on any atom is 0.254 e. The molecule has 28 heavy (non-hydrogen) atoms. The maximum absolute atomic E-state index is 14.2. The summed E-state index contributed by atoms with van der Waals surface area (Å²) in [6.07, 6.45) is 0.644. The van der Waals surface area contributed by atoms with Crippen molar-refractivity contribution in [1.82, 2.24) is 10.2 Å². The van der Waals surface area contributed by atoms with Crippen molar-refractivity contribution in [2.45, 2.75) is 18.9 Å². The number of likely N-dealkylation sites (tertiary alicyclic amines) is 1. The Morgan fingerprint density at radius 1 is 1.18 bits per heavy atom. The van der Waals surface area contributed by atoms with Crippen molar-refractivity contribution in [3.8, 4) is 5.75 Å². The van der Waals surface area contributed by atoms with Crippen LogP contribution in [0.1, 0.15) is 22.3 Å². The Bertz CT molecular complexity index is 887. The first-order valence-electron chi connectivity index (χ1n) is 8.74. The lowest BCUT2D eigenvalue weighted by Gasteiger charge is -2.17. The number of hydrogen-bond acceptors (Lipinski definition) is 3. The fourth-order valence-corrected chi connectivity index (χ4v) is 3.16. The van der Waals surface area contributed by atoms with E-state index in [0.29, 0.717) is 13.0 Å². The van der Waals surface area contributed by atoms with E-state index in [0.717, 1.165) is 24.8 Å². The second-order valence-electron chi connectivity index (χ2n) is 6.53. The minimum Gasteiger partial charge on any atom is -0.491 e. The van der Waals surface area contributed by atoms with Crippen LogP contribution in [0.25, 0.3) is 0 Å². The average Bonchev–Trinajstić information content (AvgIpc) is 3.00. The Balaban J connectivity index is 1.59. The lowest BCUT2D eigenvalue weighted by atomic mass is 10.1. The zero-order chi connectivity index (χ0) is 20.3. The quantitative estimate of drug-likeness (QED) is 0.823. The van der Waals surface area contributed by atoms with Gasteiger partial charge in [-0.05, 0) is 36.2 Å². The van der Waals surface area contributed by atoms with E-state index in [1.165, 1.54) is 12.1 Å². The highest BCUT2D eigenvalue weighted by Crippen LogP contribution is 2.24. The molecule has 148 valence electrons. The molecule has 1 aliphatic rings.